The molecule has 108 valence electrons. The molecule has 1 amide bonds. The highest BCUT2D eigenvalue weighted by molar-refractivity contribution is 9.10. The van der Waals surface area contributed by atoms with E-state index in [0.717, 1.165) is 16.7 Å². The number of anilines is 1. The van der Waals surface area contributed by atoms with Crippen LogP contribution in [0.15, 0.2) is 34.8 Å². The van der Waals surface area contributed by atoms with Crippen LogP contribution in [0.2, 0.25) is 0 Å². The number of halogens is 1. The second-order valence-electron chi connectivity index (χ2n) is 3.86. The van der Waals surface area contributed by atoms with Crippen molar-refractivity contribution in [2.45, 2.75) is 6.92 Å². The highest BCUT2D eigenvalue weighted by atomic mass is 79.9. The fraction of sp³-hybridized carbons (Fsp3) is 0.286. The maximum atomic E-state index is 12.1. The zero-order valence-electron chi connectivity index (χ0n) is 11.4. The van der Waals surface area contributed by atoms with Gasteiger partial charge in [-0.15, -0.1) is 0 Å². The Kier molecular flexibility index (Phi) is 6.79. The molecule has 0 atom stereocenters. The lowest BCUT2D eigenvalue weighted by Crippen LogP contribution is -2.24. The molecule has 0 aromatic heterocycles. The number of hydrogen-bond acceptors (Lipinski definition) is 4. The summed E-state index contributed by atoms with van der Waals surface area (Å²) < 4.78 is 5.28. The predicted octanol–water partition coefficient (Wildman–Crippen LogP) is 2.34. The minimum absolute atomic E-state index is 0.211. The number of benzene rings is 1. The highest BCUT2D eigenvalue weighted by Gasteiger charge is 2.10. The van der Waals surface area contributed by atoms with Gasteiger partial charge in [0, 0.05) is 29.3 Å². The molecule has 0 bridgehead atoms. The average Bonchev–Trinajstić information content (AvgIpc) is 2.45. The standard InChI is InChI=1S/C14H17BrN2O3/c1-3-16-12-7-6-10(15)9-11(12)14(19)17-8-4-5-13(18)20-2/h4-7,9,16H,3,8H2,1-2H3,(H,17,19)/b5-4+. The average molecular weight is 341 g/mol. The van der Waals surface area contributed by atoms with Gasteiger partial charge in [-0.1, -0.05) is 22.0 Å². The van der Waals surface area contributed by atoms with Crippen molar-refractivity contribution >= 4 is 33.5 Å². The molecule has 20 heavy (non-hydrogen) atoms. The molecular weight excluding hydrogens is 324 g/mol. The van der Waals surface area contributed by atoms with E-state index in [4.69, 9.17) is 0 Å². The number of esters is 1. The van der Waals surface area contributed by atoms with E-state index >= 15 is 0 Å². The summed E-state index contributed by atoms with van der Waals surface area (Å²) in [5.41, 5.74) is 1.32. The molecule has 0 unspecified atom stereocenters. The Morgan fingerprint density at radius 2 is 2.15 bits per heavy atom. The molecule has 0 saturated carbocycles. The summed E-state index contributed by atoms with van der Waals surface area (Å²) in [5.74, 6) is -0.660. The monoisotopic (exact) mass is 340 g/mol. The Morgan fingerprint density at radius 1 is 1.40 bits per heavy atom. The zero-order chi connectivity index (χ0) is 15.0. The van der Waals surface area contributed by atoms with Crippen molar-refractivity contribution in [1.29, 1.82) is 0 Å². The normalized spacial score (nSPS) is 10.3. The molecule has 0 aliphatic carbocycles. The predicted molar refractivity (Wildman–Crippen MR) is 81.8 cm³/mol. The van der Waals surface area contributed by atoms with E-state index in [-0.39, 0.29) is 12.5 Å². The van der Waals surface area contributed by atoms with Crippen molar-refractivity contribution in [3.8, 4) is 0 Å². The Bertz CT molecular complexity index is 515. The third kappa shape index (κ3) is 5.05. The van der Waals surface area contributed by atoms with Gasteiger partial charge in [-0.3, -0.25) is 4.79 Å². The van der Waals surface area contributed by atoms with Crippen LogP contribution < -0.4 is 10.6 Å². The van der Waals surface area contributed by atoms with Crippen LogP contribution in [0.4, 0.5) is 5.69 Å². The molecular formula is C14H17BrN2O3. The Morgan fingerprint density at radius 3 is 2.80 bits per heavy atom. The second-order valence-corrected chi connectivity index (χ2v) is 4.77. The summed E-state index contributed by atoms with van der Waals surface area (Å²) in [6.07, 6.45) is 2.81. The Hall–Kier alpha value is -1.82. The quantitative estimate of drug-likeness (QED) is 0.616. The largest absolute Gasteiger partial charge is 0.466 e. The van der Waals surface area contributed by atoms with Gasteiger partial charge in [0.05, 0.1) is 12.7 Å². The van der Waals surface area contributed by atoms with Crippen LogP contribution in [0.3, 0.4) is 0 Å². The minimum atomic E-state index is -0.449. The van der Waals surface area contributed by atoms with E-state index in [1.54, 1.807) is 6.07 Å². The second kappa shape index (κ2) is 8.37. The highest BCUT2D eigenvalue weighted by Crippen LogP contribution is 2.20. The molecule has 1 rings (SSSR count). The van der Waals surface area contributed by atoms with Crippen LogP contribution in [-0.4, -0.2) is 32.1 Å². The van der Waals surface area contributed by atoms with Crippen LogP contribution >= 0.6 is 15.9 Å². The SMILES string of the molecule is CCNc1ccc(Br)cc1C(=O)NC/C=C/C(=O)OC. The van der Waals surface area contributed by atoms with Crippen molar-refractivity contribution in [2.75, 3.05) is 25.5 Å². The number of nitrogens with one attached hydrogen (secondary N) is 2. The summed E-state index contributed by atoms with van der Waals surface area (Å²) in [7, 11) is 1.30. The molecule has 0 saturated heterocycles. The first-order valence-electron chi connectivity index (χ1n) is 6.14. The number of hydrogen-bond donors (Lipinski definition) is 2. The minimum Gasteiger partial charge on any atom is -0.466 e. The molecule has 0 spiro atoms. The lowest BCUT2D eigenvalue weighted by Gasteiger charge is -2.10. The number of ether oxygens (including phenoxy) is 1. The molecule has 0 fully saturated rings. The molecule has 0 radical (unpaired) electrons. The molecule has 5 nitrogen and oxygen atoms in total. The van der Waals surface area contributed by atoms with E-state index in [1.807, 2.05) is 19.1 Å². The molecule has 0 aliphatic heterocycles. The molecule has 2 N–H and O–H groups in total. The van der Waals surface area contributed by atoms with Gasteiger partial charge in [-0.25, -0.2) is 4.79 Å². The van der Waals surface area contributed by atoms with Crippen LogP contribution in [0.25, 0.3) is 0 Å². The van der Waals surface area contributed by atoms with E-state index in [9.17, 15) is 9.59 Å². The molecule has 1 aromatic rings. The maximum absolute atomic E-state index is 12.1. The zero-order valence-corrected chi connectivity index (χ0v) is 13.0. The van der Waals surface area contributed by atoms with Crippen LogP contribution in [0, 0.1) is 0 Å². The Balaban J connectivity index is 2.69. The van der Waals surface area contributed by atoms with Gasteiger partial charge in [0.1, 0.15) is 0 Å². The smallest absolute Gasteiger partial charge is 0.330 e. The van der Waals surface area contributed by atoms with E-state index in [1.165, 1.54) is 19.3 Å². The first kappa shape index (κ1) is 16.2. The number of rotatable bonds is 6. The van der Waals surface area contributed by atoms with Crippen molar-refractivity contribution in [3.05, 3.63) is 40.4 Å². The summed E-state index contributed by atoms with van der Waals surface area (Å²) in [6.45, 7) is 2.94. The number of carbonyl (C=O) groups is 2. The summed E-state index contributed by atoms with van der Waals surface area (Å²) in [6, 6.07) is 5.45. The fourth-order valence-corrected chi connectivity index (χ4v) is 1.88. The number of methoxy groups -OCH3 is 1. The topological polar surface area (TPSA) is 67.4 Å². The van der Waals surface area contributed by atoms with Crippen LogP contribution in [0.1, 0.15) is 17.3 Å². The Labute approximate surface area is 126 Å². The number of amides is 1. The fourth-order valence-electron chi connectivity index (χ4n) is 1.52. The summed E-state index contributed by atoms with van der Waals surface area (Å²) in [5, 5.41) is 5.84. The van der Waals surface area contributed by atoms with Gasteiger partial charge in [-0.2, -0.15) is 0 Å². The van der Waals surface area contributed by atoms with Gasteiger partial charge < -0.3 is 15.4 Å². The molecule has 1 aromatic carbocycles. The third-order valence-corrected chi connectivity index (χ3v) is 2.92. The number of carbonyl (C=O) groups excluding carboxylic acids is 2. The van der Waals surface area contributed by atoms with Crippen LogP contribution in [0.5, 0.6) is 0 Å². The lowest BCUT2D eigenvalue weighted by atomic mass is 10.1. The van der Waals surface area contributed by atoms with Gasteiger partial charge in [0.25, 0.3) is 5.91 Å². The third-order valence-electron chi connectivity index (χ3n) is 2.43. The first-order valence-corrected chi connectivity index (χ1v) is 6.94. The van der Waals surface area contributed by atoms with Gasteiger partial charge in [-0.05, 0) is 25.1 Å². The van der Waals surface area contributed by atoms with Crippen molar-refractivity contribution in [3.63, 3.8) is 0 Å². The summed E-state index contributed by atoms with van der Waals surface area (Å²) >= 11 is 3.34. The van der Waals surface area contributed by atoms with E-state index in [0.29, 0.717) is 5.56 Å². The first-order chi connectivity index (χ1) is 9.58. The molecule has 0 aliphatic rings. The molecule has 6 heteroatoms. The van der Waals surface area contributed by atoms with Crippen molar-refractivity contribution in [2.24, 2.45) is 0 Å². The van der Waals surface area contributed by atoms with Crippen LogP contribution in [-0.2, 0) is 9.53 Å². The van der Waals surface area contributed by atoms with Gasteiger partial charge in [0.2, 0.25) is 0 Å². The van der Waals surface area contributed by atoms with E-state index in [2.05, 4.69) is 31.3 Å². The lowest BCUT2D eigenvalue weighted by molar-refractivity contribution is -0.134. The summed E-state index contributed by atoms with van der Waals surface area (Å²) in [4.78, 5) is 23.0. The van der Waals surface area contributed by atoms with Crippen molar-refractivity contribution < 1.29 is 14.3 Å². The van der Waals surface area contributed by atoms with E-state index < -0.39 is 5.97 Å². The van der Waals surface area contributed by atoms with Gasteiger partial charge in [0.15, 0.2) is 0 Å². The van der Waals surface area contributed by atoms with Crippen molar-refractivity contribution in [1.82, 2.24) is 5.32 Å². The van der Waals surface area contributed by atoms with Gasteiger partial charge >= 0.3 is 5.97 Å². The maximum Gasteiger partial charge on any atom is 0.330 e. The molecule has 0 heterocycles.